The molecule has 1 aromatic carbocycles. The number of nitrogens with zero attached hydrogens (tertiary/aromatic N) is 3. The Morgan fingerprint density at radius 1 is 1.18 bits per heavy atom. The fourth-order valence-electron chi connectivity index (χ4n) is 2.90. The van der Waals surface area contributed by atoms with E-state index in [-0.39, 0.29) is 13.2 Å². The van der Waals surface area contributed by atoms with Crippen molar-refractivity contribution < 1.29 is 33.3 Å². The standard InChI is InChI=1S/C18H23N3O7/c1-11(22)25-10-14-16(26-9-13-7-5-4-6-8-13)17(27-12(2)23)15(20-21-19)18(24-3)28-14/h4-8,14-18H,9-10H2,1-3H3/t14-,15+,16-,17-,18+/m1/s1. The summed E-state index contributed by atoms with van der Waals surface area (Å²) in [6.07, 6.45) is -3.65. The molecule has 1 fully saturated rings. The van der Waals surface area contributed by atoms with Gasteiger partial charge in [0.15, 0.2) is 6.29 Å². The first kappa shape index (κ1) is 21.6. The maximum Gasteiger partial charge on any atom is 0.303 e. The number of rotatable bonds is 8. The molecule has 10 heteroatoms. The van der Waals surface area contributed by atoms with Crippen LogP contribution in [-0.2, 0) is 39.9 Å². The molecule has 0 aromatic heterocycles. The van der Waals surface area contributed by atoms with Crippen LogP contribution in [0.15, 0.2) is 35.4 Å². The molecule has 0 bridgehead atoms. The zero-order valence-electron chi connectivity index (χ0n) is 15.9. The van der Waals surface area contributed by atoms with E-state index in [4.69, 9.17) is 29.2 Å². The molecule has 0 aliphatic carbocycles. The van der Waals surface area contributed by atoms with E-state index in [0.29, 0.717) is 0 Å². The van der Waals surface area contributed by atoms with E-state index < -0.39 is 42.6 Å². The van der Waals surface area contributed by atoms with Gasteiger partial charge in [0.1, 0.15) is 31.0 Å². The second-order valence-corrected chi connectivity index (χ2v) is 6.11. The summed E-state index contributed by atoms with van der Waals surface area (Å²) in [6.45, 7) is 2.54. The molecular weight excluding hydrogens is 370 g/mol. The van der Waals surface area contributed by atoms with Gasteiger partial charge in [0.2, 0.25) is 0 Å². The Morgan fingerprint density at radius 3 is 2.46 bits per heavy atom. The van der Waals surface area contributed by atoms with Gasteiger partial charge >= 0.3 is 11.9 Å². The molecule has 5 atom stereocenters. The number of benzene rings is 1. The lowest BCUT2D eigenvalue weighted by Gasteiger charge is -2.43. The summed E-state index contributed by atoms with van der Waals surface area (Å²) in [7, 11) is 1.36. The molecular formula is C18H23N3O7. The number of ether oxygens (including phenoxy) is 5. The summed E-state index contributed by atoms with van der Waals surface area (Å²) >= 11 is 0. The monoisotopic (exact) mass is 393 g/mol. The van der Waals surface area contributed by atoms with Gasteiger partial charge < -0.3 is 23.7 Å². The van der Waals surface area contributed by atoms with E-state index in [9.17, 15) is 9.59 Å². The molecule has 1 saturated heterocycles. The SMILES string of the molecule is CO[C@H]1O[C@H](COC(C)=O)[C@@H](OCc2ccccc2)[C@H](OC(C)=O)[C@@H]1N=[N+]=[N-]. The minimum absolute atomic E-state index is 0.143. The molecule has 0 N–H and O–H groups in total. The van der Waals surface area contributed by atoms with Gasteiger partial charge in [-0.15, -0.1) is 0 Å². The first-order valence-electron chi connectivity index (χ1n) is 8.64. The van der Waals surface area contributed by atoms with Gasteiger partial charge in [0.25, 0.3) is 0 Å². The molecule has 152 valence electrons. The lowest BCUT2D eigenvalue weighted by Crippen LogP contribution is -2.60. The highest BCUT2D eigenvalue weighted by Gasteiger charge is 2.49. The van der Waals surface area contributed by atoms with Crippen molar-refractivity contribution in [3.63, 3.8) is 0 Å². The van der Waals surface area contributed by atoms with Crippen molar-refractivity contribution in [1.29, 1.82) is 0 Å². The summed E-state index contributed by atoms with van der Waals surface area (Å²) in [5.41, 5.74) is 9.80. The largest absolute Gasteiger partial charge is 0.463 e. The van der Waals surface area contributed by atoms with Gasteiger partial charge in [0.05, 0.1) is 6.61 Å². The Balaban J connectivity index is 2.30. The number of hydrogen-bond acceptors (Lipinski definition) is 8. The van der Waals surface area contributed by atoms with Crippen LogP contribution in [0.3, 0.4) is 0 Å². The van der Waals surface area contributed by atoms with Crippen LogP contribution in [0.4, 0.5) is 0 Å². The van der Waals surface area contributed by atoms with E-state index >= 15 is 0 Å². The lowest BCUT2D eigenvalue weighted by molar-refractivity contribution is -0.273. The highest BCUT2D eigenvalue weighted by atomic mass is 16.7. The van der Waals surface area contributed by atoms with Crippen molar-refractivity contribution in [2.24, 2.45) is 5.11 Å². The average molecular weight is 393 g/mol. The van der Waals surface area contributed by atoms with Gasteiger partial charge in [-0.3, -0.25) is 9.59 Å². The maximum atomic E-state index is 11.7. The molecule has 1 aromatic rings. The Bertz CT molecular complexity index is 708. The highest BCUT2D eigenvalue weighted by Crippen LogP contribution is 2.30. The van der Waals surface area contributed by atoms with E-state index in [1.165, 1.54) is 21.0 Å². The lowest BCUT2D eigenvalue weighted by atomic mass is 9.96. The predicted molar refractivity (Wildman–Crippen MR) is 95.8 cm³/mol. The van der Waals surface area contributed by atoms with Crippen LogP contribution < -0.4 is 0 Å². The smallest absolute Gasteiger partial charge is 0.303 e. The quantitative estimate of drug-likeness (QED) is 0.286. The van der Waals surface area contributed by atoms with Gasteiger partial charge in [-0.25, -0.2) is 0 Å². The molecule has 1 aliphatic rings. The Hall–Kier alpha value is -2.65. The van der Waals surface area contributed by atoms with E-state index in [2.05, 4.69) is 10.0 Å². The zero-order valence-corrected chi connectivity index (χ0v) is 15.9. The van der Waals surface area contributed by atoms with Gasteiger partial charge in [-0.2, -0.15) is 0 Å². The summed E-state index contributed by atoms with van der Waals surface area (Å²) in [5.74, 6) is -1.08. The fraction of sp³-hybridized carbons (Fsp3) is 0.556. The van der Waals surface area contributed by atoms with Gasteiger partial charge in [0, 0.05) is 25.9 Å². The van der Waals surface area contributed by atoms with E-state index in [1.54, 1.807) is 0 Å². The molecule has 0 unspecified atom stereocenters. The van der Waals surface area contributed by atoms with Gasteiger partial charge in [-0.05, 0) is 11.1 Å². The van der Waals surface area contributed by atoms with Crippen LogP contribution >= 0.6 is 0 Å². The fourth-order valence-corrected chi connectivity index (χ4v) is 2.90. The molecule has 2 rings (SSSR count). The number of carbonyl (C=O) groups is 2. The third-order valence-corrected chi connectivity index (χ3v) is 4.07. The van der Waals surface area contributed by atoms with Crippen molar-refractivity contribution in [3.8, 4) is 0 Å². The molecule has 0 radical (unpaired) electrons. The number of methoxy groups -OCH3 is 1. The Labute approximate surface area is 162 Å². The number of esters is 2. The van der Waals surface area contributed by atoms with Crippen molar-refractivity contribution in [1.82, 2.24) is 0 Å². The van der Waals surface area contributed by atoms with Crippen molar-refractivity contribution in [2.45, 2.75) is 51.1 Å². The number of carbonyl (C=O) groups excluding carboxylic acids is 2. The van der Waals surface area contributed by atoms with Crippen molar-refractivity contribution in [2.75, 3.05) is 13.7 Å². The van der Waals surface area contributed by atoms with Crippen molar-refractivity contribution in [3.05, 3.63) is 46.3 Å². The second kappa shape index (κ2) is 10.6. The first-order valence-corrected chi connectivity index (χ1v) is 8.64. The van der Waals surface area contributed by atoms with E-state index in [0.717, 1.165) is 5.56 Å². The minimum Gasteiger partial charge on any atom is -0.463 e. The third-order valence-electron chi connectivity index (χ3n) is 4.07. The molecule has 10 nitrogen and oxygen atoms in total. The molecule has 0 spiro atoms. The summed E-state index contributed by atoms with van der Waals surface area (Å²) < 4.78 is 27.4. The van der Waals surface area contributed by atoms with Crippen LogP contribution in [0.2, 0.25) is 0 Å². The van der Waals surface area contributed by atoms with Crippen LogP contribution in [-0.4, -0.2) is 56.3 Å². The summed E-state index contributed by atoms with van der Waals surface area (Å²) in [4.78, 5) is 25.7. The predicted octanol–water partition coefficient (Wildman–Crippen LogP) is 2.12. The zero-order chi connectivity index (χ0) is 20.5. The number of azide groups is 1. The first-order chi connectivity index (χ1) is 13.5. The Morgan fingerprint density at radius 2 is 1.89 bits per heavy atom. The highest BCUT2D eigenvalue weighted by molar-refractivity contribution is 5.66. The molecule has 28 heavy (non-hydrogen) atoms. The molecule has 1 heterocycles. The topological polar surface area (TPSA) is 129 Å². The molecule has 0 amide bonds. The molecule has 1 aliphatic heterocycles. The summed E-state index contributed by atoms with van der Waals surface area (Å²) in [6, 6.07) is 8.36. The Kier molecular flexibility index (Phi) is 8.21. The van der Waals surface area contributed by atoms with Crippen LogP contribution in [0.5, 0.6) is 0 Å². The van der Waals surface area contributed by atoms with Crippen LogP contribution in [0.25, 0.3) is 10.4 Å². The van der Waals surface area contributed by atoms with Crippen molar-refractivity contribution >= 4 is 11.9 Å². The van der Waals surface area contributed by atoms with Gasteiger partial charge in [-0.1, -0.05) is 35.4 Å². The minimum atomic E-state index is -1.00. The average Bonchev–Trinajstić information content (AvgIpc) is 2.67. The second-order valence-electron chi connectivity index (χ2n) is 6.11. The van der Waals surface area contributed by atoms with Crippen LogP contribution in [0, 0.1) is 0 Å². The third kappa shape index (κ3) is 5.93. The van der Waals surface area contributed by atoms with Crippen LogP contribution in [0.1, 0.15) is 19.4 Å². The van der Waals surface area contributed by atoms with E-state index in [1.807, 2.05) is 30.3 Å². The summed E-state index contributed by atoms with van der Waals surface area (Å²) in [5, 5.41) is 3.67. The number of hydrogen-bond donors (Lipinski definition) is 0. The maximum absolute atomic E-state index is 11.7. The molecule has 0 saturated carbocycles. The normalized spacial score (nSPS) is 26.8.